The molecule has 4 nitrogen and oxygen atoms in total. The van der Waals surface area contributed by atoms with Crippen molar-refractivity contribution in [1.82, 2.24) is 10.2 Å². The van der Waals surface area contributed by atoms with Crippen LogP contribution in [0.15, 0.2) is 24.3 Å². The second kappa shape index (κ2) is 6.17. The van der Waals surface area contributed by atoms with E-state index in [1.165, 1.54) is 5.56 Å². The molecule has 1 fully saturated rings. The lowest BCUT2D eigenvalue weighted by atomic mass is 10.1. The molecule has 0 aliphatic carbocycles. The minimum atomic E-state index is -0.0384. The quantitative estimate of drug-likeness (QED) is 0.880. The molecule has 0 radical (unpaired) electrons. The first-order valence-electron chi connectivity index (χ1n) is 6.82. The average molecular weight is 262 g/mol. The summed E-state index contributed by atoms with van der Waals surface area (Å²) in [5, 5.41) is 3.27. The number of hydrogen-bond acceptors (Lipinski definition) is 3. The number of hydrogen-bond donors (Lipinski definition) is 1. The van der Waals surface area contributed by atoms with Gasteiger partial charge in [0.05, 0.1) is 19.2 Å². The number of amides is 1. The molecule has 104 valence electrons. The molecule has 1 aliphatic heterocycles. The van der Waals surface area contributed by atoms with E-state index in [4.69, 9.17) is 4.74 Å². The van der Waals surface area contributed by atoms with E-state index in [1.54, 1.807) is 0 Å². The summed E-state index contributed by atoms with van der Waals surface area (Å²) in [4.78, 5) is 13.9. The normalized spacial score (nSPS) is 20.9. The summed E-state index contributed by atoms with van der Waals surface area (Å²) < 4.78 is 5.44. The van der Waals surface area contributed by atoms with Gasteiger partial charge in [0.2, 0.25) is 5.91 Å². The highest BCUT2D eigenvalue weighted by atomic mass is 16.5. The van der Waals surface area contributed by atoms with Gasteiger partial charge in [0.25, 0.3) is 0 Å². The number of aryl methyl sites for hydroxylation is 1. The number of nitrogens with one attached hydrogen (secondary N) is 1. The van der Waals surface area contributed by atoms with Crippen LogP contribution < -0.4 is 5.32 Å². The zero-order valence-corrected chi connectivity index (χ0v) is 11.8. The van der Waals surface area contributed by atoms with Gasteiger partial charge in [-0.2, -0.15) is 0 Å². The highest BCUT2D eigenvalue weighted by molar-refractivity contribution is 5.81. The Morgan fingerprint density at radius 3 is 2.74 bits per heavy atom. The van der Waals surface area contributed by atoms with E-state index in [0.717, 1.165) is 5.56 Å². The van der Waals surface area contributed by atoms with Crippen LogP contribution in [0.3, 0.4) is 0 Å². The molecule has 4 heteroatoms. The van der Waals surface area contributed by atoms with Gasteiger partial charge in [-0.25, -0.2) is 0 Å². The van der Waals surface area contributed by atoms with E-state index in [0.29, 0.717) is 19.8 Å². The Morgan fingerprint density at radius 1 is 1.42 bits per heavy atom. The lowest BCUT2D eigenvalue weighted by Crippen LogP contribution is -2.40. The van der Waals surface area contributed by atoms with Crippen molar-refractivity contribution >= 4 is 5.91 Å². The summed E-state index contributed by atoms with van der Waals surface area (Å²) in [6.45, 7) is 7.71. The van der Waals surface area contributed by atoms with Crippen molar-refractivity contribution in [1.29, 1.82) is 0 Å². The van der Waals surface area contributed by atoms with Gasteiger partial charge in [-0.1, -0.05) is 29.8 Å². The van der Waals surface area contributed by atoms with Gasteiger partial charge in [-0.3, -0.25) is 10.1 Å². The lowest BCUT2D eigenvalue weighted by molar-refractivity contribution is -0.131. The third kappa shape index (κ3) is 3.14. The van der Waals surface area contributed by atoms with Crippen molar-refractivity contribution in [2.24, 2.45) is 0 Å². The molecule has 1 heterocycles. The average Bonchev–Trinajstić information content (AvgIpc) is 2.79. The summed E-state index contributed by atoms with van der Waals surface area (Å²) in [6.07, 6.45) is -0.0384. The molecule has 1 N–H and O–H groups in total. The third-order valence-electron chi connectivity index (χ3n) is 3.44. The number of rotatable bonds is 5. The molecule has 19 heavy (non-hydrogen) atoms. The molecule has 0 bridgehead atoms. The summed E-state index contributed by atoms with van der Waals surface area (Å²) >= 11 is 0. The van der Waals surface area contributed by atoms with Gasteiger partial charge < -0.3 is 9.64 Å². The molecule has 1 aliphatic rings. The Hall–Kier alpha value is -1.39. The van der Waals surface area contributed by atoms with Crippen LogP contribution in [0.25, 0.3) is 0 Å². The topological polar surface area (TPSA) is 41.6 Å². The Labute approximate surface area is 114 Å². The van der Waals surface area contributed by atoms with Crippen LogP contribution in [0.1, 0.15) is 31.1 Å². The van der Waals surface area contributed by atoms with Gasteiger partial charge in [-0.15, -0.1) is 0 Å². The maximum atomic E-state index is 12.0. The van der Waals surface area contributed by atoms with Crippen LogP contribution in [0.4, 0.5) is 0 Å². The summed E-state index contributed by atoms with van der Waals surface area (Å²) in [5.74, 6) is 0.137. The molecule has 1 aromatic rings. The summed E-state index contributed by atoms with van der Waals surface area (Å²) in [7, 11) is 0. The second-order valence-electron chi connectivity index (χ2n) is 5.00. The van der Waals surface area contributed by atoms with Crippen molar-refractivity contribution in [3.63, 3.8) is 0 Å². The molecule has 1 aromatic carbocycles. The maximum absolute atomic E-state index is 12.0. The first-order chi connectivity index (χ1) is 9.13. The van der Waals surface area contributed by atoms with Crippen LogP contribution in [0.2, 0.25) is 0 Å². The van der Waals surface area contributed by atoms with E-state index >= 15 is 0 Å². The van der Waals surface area contributed by atoms with E-state index < -0.39 is 0 Å². The van der Waals surface area contributed by atoms with Crippen molar-refractivity contribution < 1.29 is 9.53 Å². The van der Waals surface area contributed by atoms with Gasteiger partial charge >= 0.3 is 0 Å². The van der Waals surface area contributed by atoms with E-state index in [9.17, 15) is 4.79 Å². The fourth-order valence-electron chi connectivity index (χ4n) is 2.41. The Balaban J connectivity index is 2.14. The number of carbonyl (C=O) groups excluding carboxylic acids is 1. The number of nitrogens with zero attached hydrogens (tertiary/aromatic N) is 1. The Bertz CT molecular complexity index is 430. The number of carbonyl (C=O) groups is 1. The van der Waals surface area contributed by atoms with Crippen molar-refractivity contribution in [2.75, 3.05) is 19.8 Å². The molecule has 0 spiro atoms. The third-order valence-corrected chi connectivity index (χ3v) is 3.44. The standard InChI is InChI=1S/C15H22N2O2/c1-4-19-10-12(3)17-14(18)9-16-15(17)13-7-5-11(2)6-8-13/h5-8,12,15-16H,4,9-10H2,1-3H3. The minimum absolute atomic E-state index is 0.0384. The predicted octanol–water partition coefficient (Wildman–Crippen LogP) is 1.85. The molecular weight excluding hydrogens is 240 g/mol. The molecule has 2 unspecified atom stereocenters. The van der Waals surface area contributed by atoms with Gasteiger partial charge in [-0.05, 0) is 26.3 Å². The van der Waals surface area contributed by atoms with E-state index in [1.807, 2.05) is 18.7 Å². The Morgan fingerprint density at radius 2 is 2.11 bits per heavy atom. The molecule has 0 saturated carbocycles. The van der Waals surface area contributed by atoms with Gasteiger partial charge in [0.15, 0.2) is 0 Å². The van der Waals surface area contributed by atoms with Crippen LogP contribution in [-0.4, -0.2) is 36.6 Å². The van der Waals surface area contributed by atoms with E-state index in [2.05, 4.69) is 36.5 Å². The molecule has 0 aromatic heterocycles. The minimum Gasteiger partial charge on any atom is -0.380 e. The van der Waals surface area contributed by atoms with Crippen LogP contribution >= 0.6 is 0 Å². The fraction of sp³-hybridized carbons (Fsp3) is 0.533. The smallest absolute Gasteiger partial charge is 0.238 e. The molecule has 2 atom stereocenters. The number of ether oxygens (including phenoxy) is 1. The Kier molecular flexibility index (Phi) is 4.56. The van der Waals surface area contributed by atoms with Gasteiger partial charge in [0, 0.05) is 6.61 Å². The molecule has 1 saturated heterocycles. The first kappa shape index (κ1) is 14.0. The maximum Gasteiger partial charge on any atom is 0.238 e. The van der Waals surface area contributed by atoms with Crippen LogP contribution in [0, 0.1) is 6.92 Å². The lowest BCUT2D eigenvalue weighted by Gasteiger charge is -2.30. The largest absolute Gasteiger partial charge is 0.380 e. The van der Waals surface area contributed by atoms with Crippen molar-refractivity contribution in [3.8, 4) is 0 Å². The van der Waals surface area contributed by atoms with Crippen molar-refractivity contribution in [3.05, 3.63) is 35.4 Å². The highest BCUT2D eigenvalue weighted by Crippen LogP contribution is 2.25. The van der Waals surface area contributed by atoms with Crippen LogP contribution in [0.5, 0.6) is 0 Å². The number of benzene rings is 1. The predicted molar refractivity (Wildman–Crippen MR) is 74.7 cm³/mol. The summed E-state index contributed by atoms with van der Waals surface area (Å²) in [5.41, 5.74) is 2.35. The zero-order chi connectivity index (χ0) is 13.8. The molecular formula is C15H22N2O2. The SMILES string of the molecule is CCOCC(C)N1C(=O)CNC1c1ccc(C)cc1. The molecule has 2 rings (SSSR count). The van der Waals surface area contributed by atoms with E-state index in [-0.39, 0.29) is 18.1 Å². The fourth-order valence-corrected chi connectivity index (χ4v) is 2.41. The van der Waals surface area contributed by atoms with Crippen LogP contribution in [-0.2, 0) is 9.53 Å². The summed E-state index contributed by atoms with van der Waals surface area (Å²) in [6, 6.07) is 8.38. The zero-order valence-electron chi connectivity index (χ0n) is 11.8. The van der Waals surface area contributed by atoms with Gasteiger partial charge in [0.1, 0.15) is 6.17 Å². The highest BCUT2D eigenvalue weighted by Gasteiger charge is 2.34. The monoisotopic (exact) mass is 262 g/mol. The van der Waals surface area contributed by atoms with Crippen molar-refractivity contribution in [2.45, 2.75) is 33.0 Å². The molecule has 1 amide bonds. The first-order valence-corrected chi connectivity index (χ1v) is 6.82. The second-order valence-corrected chi connectivity index (χ2v) is 5.00.